The molecule has 2 fully saturated rings. The molecule has 4 nitrogen and oxygen atoms in total. The molecule has 3 rings (SSSR count). The minimum Gasteiger partial charge on any atom is -0.449 e. The number of hydrogen-bond donors (Lipinski definition) is 1. The number of carbonyl (C=O) groups excluding carboxylic acids is 1. The second-order valence-corrected chi connectivity index (χ2v) is 6.67. The maximum absolute atomic E-state index is 11.9. The van der Waals surface area contributed by atoms with Gasteiger partial charge in [-0.3, -0.25) is 10.2 Å². The Morgan fingerprint density at radius 3 is 2.77 bits per heavy atom. The number of carbonyl (C=O) groups is 1. The van der Waals surface area contributed by atoms with Gasteiger partial charge in [0.15, 0.2) is 0 Å². The maximum atomic E-state index is 11.9. The predicted octanol–water partition coefficient (Wildman–Crippen LogP) is 4.15. The molecule has 0 unspecified atom stereocenters. The summed E-state index contributed by atoms with van der Waals surface area (Å²) in [5.41, 5.74) is 0.706. The minimum atomic E-state index is -0.379. The number of halogens is 1. The van der Waals surface area contributed by atoms with Crippen LogP contribution >= 0.6 is 11.6 Å². The van der Waals surface area contributed by atoms with Gasteiger partial charge in [-0.2, -0.15) is 0 Å². The van der Waals surface area contributed by atoms with Gasteiger partial charge in [0.25, 0.3) is 0 Å². The van der Waals surface area contributed by atoms with Crippen LogP contribution in [0.1, 0.15) is 32.1 Å². The SMILES string of the molecule is O=C(Nc1ccc(Cl)cc1)OC[C@@H]1CCCN2CCCC[C@H]12. The summed E-state index contributed by atoms with van der Waals surface area (Å²) >= 11 is 5.83. The molecule has 0 aromatic heterocycles. The van der Waals surface area contributed by atoms with Crippen LogP contribution in [0.25, 0.3) is 0 Å². The third kappa shape index (κ3) is 3.93. The Hall–Kier alpha value is -1.26. The summed E-state index contributed by atoms with van der Waals surface area (Å²) in [7, 11) is 0. The van der Waals surface area contributed by atoms with Gasteiger partial charge in [0.1, 0.15) is 0 Å². The number of benzene rings is 1. The maximum Gasteiger partial charge on any atom is 0.411 e. The average molecular weight is 323 g/mol. The zero-order valence-electron chi connectivity index (χ0n) is 12.8. The predicted molar refractivity (Wildman–Crippen MR) is 88.4 cm³/mol. The normalized spacial score (nSPS) is 25.3. The highest BCUT2D eigenvalue weighted by Crippen LogP contribution is 2.31. The summed E-state index contributed by atoms with van der Waals surface area (Å²) in [4.78, 5) is 14.5. The fourth-order valence-corrected chi connectivity index (χ4v) is 3.77. The van der Waals surface area contributed by atoms with Gasteiger partial charge in [-0.25, -0.2) is 4.79 Å². The van der Waals surface area contributed by atoms with Crippen molar-refractivity contribution in [2.75, 3.05) is 25.0 Å². The van der Waals surface area contributed by atoms with Crippen LogP contribution in [-0.4, -0.2) is 36.7 Å². The standard InChI is InChI=1S/C17H23ClN2O2/c18-14-6-8-15(9-7-14)19-17(21)22-12-13-4-3-11-20-10-2-1-5-16(13)20/h6-9,13,16H,1-5,10-12H2,(H,19,21)/t13-,16+/m0/s1. The molecule has 1 aromatic rings. The van der Waals surface area contributed by atoms with E-state index in [1.165, 1.54) is 38.8 Å². The van der Waals surface area contributed by atoms with Crippen LogP contribution < -0.4 is 5.32 Å². The summed E-state index contributed by atoms with van der Waals surface area (Å²) in [6, 6.07) is 7.64. The van der Waals surface area contributed by atoms with E-state index in [2.05, 4.69) is 10.2 Å². The average Bonchev–Trinajstić information content (AvgIpc) is 2.55. The number of amides is 1. The van der Waals surface area contributed by atoms with Crippen molar-refractivity contribution in [1.29, 1.82) is 0 Å². The molecule has 0 saturated carbocycles. The Bertz CT molecular complexity index is 504. The zero-order chi connectivity index (χ0) is 15.4. The first-order chi connectivity index (χ1) is 10.7. The molecule has 2 heterocycles. The van der Waals surface area contributed by atoms with Crippen molar-refractivity contribution in [3.8, 4) is 0 Å². The Morgan fingerprint density at radius 2 is 1.95 bits per heavy atom. The van der Waals surface area contributed by atoms with E-state index < -0.39 is 0 Å². The van der Waals surface area contributed by atoms with Crippen LogP contribution in [0.3, 0.4) is 0 Å². The highest BCUT2D eigenvalue weighted by Gasteiger charge is 2.33. The number of piperidine rings is 2. The number of nitrogens with zero attached hydrogens (tertiary/aromatic N) is 1. The molecule has 22 heavy (non-hydrogen) atoms. The van der Waals surface area contributed by atoms with E-state index in [9.17, 15) is 4.79 Å². The number of nitrogens with one attached hydrogen (secondary N) is 1. The van der Waals surface area contributed by atoms with Crippen molar-refractivity contribution in [1.82, 2.24) is 4.90 Å². The first kappa shape index (κ1) is 15.6. The molecule has 2 saturated heterocycles. The molecule has 1 N–H and O–H groups in total. The third-order valence-corrected chi connectivity index (χ3v) is 5.00. The van der Waals surface area contributed by atoms with E-state index in [4.69, 9.17) is 16.3 Å². The van der Waals surface area contributed by atoms with E-state index in [0.717, 1.165) is 6.42 Å². The molecule has 2 aliphatic heterocycles. The fourth-order valence-electron chi connectivity index (χ4n) is 3.64. The molecule has 1 amide bonds. The lowest BCUT2D eigenvalue weighted by Crippen LogP contribution is -2.49. The second-order valence-electron chi connectivity index (χ2n) is 6.23. The monoisotopic (exact) mass is 322 g/mol. The molecule has 0 spiro atoms. The molecule has 0 bridgehead atoms. The molecule has 2 atom stereocenters. The smallest absolute Gasteiger partial charge is 0.411 e. The first-order valence-electron chi connectivity index (χ1n) is 8.16. The van der Waals surface area contributed by atoms with Gasteiger partial charge < -0.3 is 4.74 Å². The van der Waals surface area contributed by atoms with Crippen LogP contribution in [0.5, 0.6) is 0 Å². The highest BCUT2D eigenvalue weighted by molar-refractivity contribution is 6.30. The van der Waals surface area contributed by atoms with E-state index >= 15 is 0 Å². The molecule has 120 valence electrons. The molecule has 0 aliphatic carbocycles. The van der Waals surface area contributed by atoms with Crippen molar-refractivity contribution >= 4 is 23.4 Å². The van der Waals surface area contributed by atoms with Crippen LogP contribution in [0.2, 0.25) is 5.02 Å². The number of fused-ring (bicyclic) bond motifs is 1. The Morgan fingerprint density at radius 1 is 1.18 bits per heavy atom. The van der Waals surface area contributed by atoms with Gasteiger partial charge in [-0.1, -0.05) is 18.0 Å². The Balaban J connectivity index is 1.48. The van der Waals surface area contributed by atoms with Gasteiger partial charge >= 0.3 is 6.09 Å². The van der Waals surface area contributed by atoms with Crippen LogP contribution in [0, 0.1) is 5.92 Å². The summed E-state index contributed by atoms with van der Waals surface area (Å²) in [5.74, 6) is 0.477. The lowest BCUT2D eigenvalue weighted by Gasteiger charge is -2.44. The third-order valence-electron chi connectivity index (χ3n) is 4.75. The molecular weight excluding hydrogens is 300 g/mol. The van der Waals surface area contributed by atoms with Crippen LogP contribution in [0.15, 0.2) is 24.3 Å². The topological polar surface area (TPSA) is 41.6 Å². The van der Waals surface area contributed by atoms with Crippen LogP contribution in [-0.2, 0) is 4.74 Å². The van der Waals surface area contributed by atoms with Gasteiger partial charge in [-0.15, -0.1) is 0 Å². The molecule has 2 aliphatic rings. The van der Waals surface area contributed by atoms with Gasteiger partial charge in [0, 0.05) is 22.7 Å². The molecule has 1 aromatic carbocycles. The van der Waals surface area contributed by atoms with Gasteiger partial charge in [0.05, 0.1) is 6.61 Å². The van der Waals surface area contributed by atoms with Crippen molar-refractivity contribution in [3.05, 3.63) is 29.3 Å². The molecule has 5 heteroatoms. The van der Waals surface area contributed by atoms with E-state index in [1.54, 1.807) is 24.3 Å². The fraction of sp³-hybridized carbons (Fsp3) is 0.588. The largest absolute Gasteiger partial charge is 0.449 e. The number of rotatable bonds is 3. The zero-order valence-corrected chi connectivity index (χ0v) is 13.5. The summed E-state index contributed by atoms with van der Waals surface area (Å²) in [5, 5.41) is 3.40. The minimum absolute atomic E-state index is 0.379. The quantitative estimate of drug-likeness (QED) is 0.908. The first-order valence-corrected chi connectivity index (χ1v) is 8.53. The second kappa shape index (κ2) is 7.34. The van der Waals surface area contributed by atoms with Crippen molar-refractivity contribution in [2.45, 2.75) is 38.1 Å². The number of hydrogen-bond acceptors (Lipinski definition) is 3. The van der Waals surface area contributed by atoms with Crippen LogP contribution in [0.4, 0.5) is 10.5 Å². The molecule has 0 radical (unpaired) electrons. The van der Waals surface area contributed by atoms with Gasteiger partial charge in [0.2, 0.25) is 0 Å². The van der Waals surface area contributed by atoms with E-state index in [1.807, 2.05) is 0 Å². The lowest BCUT2D eigenvalue weighted by molar-refractivity contribution is 0.0261. The van der Waals surface area contributed by atoms with Crippen molar-refractivity contribution in [3.63, 3.8) is 0 Å². The van der Waals surface area contributed by atoms with E-state index in [-0.39, 0.29) is 6.09 Å². The summed E-state index contributed by atoms with van der Waals surface area (Å²) in [6.45, 7) is 2.93. The van der Waals surface area contributed by atoms with Gasteiger partial charge in [-0.05, 0) is 63.0 Å². The van der Waals surface area contributed by atoms with Crippen molar-refractivity contribution in [2.24, 2.45) is 5.92 Å². The number of anilines is 1. The molecular formula is C17H23ClN2O2. The van der Waals surface area contributed by atoms with E-state index in [0.29, 0.717) is 29.3 Å². The Kier molecular flexibility index (Phi) is 5.21. The van der Waals surface area contributed by atoms with Crippen molar-refractivity contribution < 1.29 is 9.53 Å². The Labute approximate surface area is 136 Å². The highest BCUT2D eigenvalue weighted by atomic mass is 35.5. The summed E-state index contributed by atoms with van der Waals surface area (Å²) < 4.78 is 5.45. The number of ether oxygens (including phenoxy) is 1. The summed E-state index contributed by atoms with van der Waals surface area (Å²) in [6.07, 6.45) is 5.84. The lowest BCUT2D eigenvalue weighted by atomic mass is 9.84.